The highest BCUT2D eigenvalue weighted by atomic mass is 16.3. The van der Waals surface area contributed by atoms with Crippen molar-refractivity contribution in [2.75, 3.05) is 18.5 Å². The first kappa shape index (κ1) is 8.54. The normalized spacial score (nSPS) is 9.75. The number of hydrogen-bond donors (Lipinski definition) is 4. The highest BCUT2D eigenvalue weighted by molar-refractivity contribution is 5.97. The van der Waals surface area contributed by atoms with Gasteiger partial charge in [-0.1, -0.05) is 0 Å². The zero-order chi connectivity index (χ0) is 8.97. The highest BCUT2D eigenvalue weighted by Gasteiger charge is 2.08. The predicted octanol–water partition coefficient (Wildman–Crippen LogP) is -1.09. The van der Waals surface area contributed by atoms with E-state index in [1.165, 1.54) is 6.20 Å². The summed E-state index contributed by atoms with van der Waals surface area (Å²) >= 11 is 0. The van der Waals surface area contributed by atoms with E-state index in [1.807, 2.05) is 0 Å². The molecule has 6 nitrogen and oxygen atoms in total. The fourth-order valence-corrected chi connectivity index (χ4v) is 0.789. The molecule has 0 saturated carbocycles. The molecule has 1 rings (SSSR count). The lowest BCUT2D eigenvalue weighted by Crippen LogP contribution is -2.14. The molecule has 1 amide bonds. The summed E-state index contributed by atoms with van der Waals surface area (Å²) in [7, 11) is 0. The van der Waals surface area contributed by atoms with E-state index in [1.54, 1.807) is 0 Å². The van der Waals surface area contributed by atoms with Crippen LogP contribution in [0.15, 0.2) is 6.20 Å². The van der Waals surface area contributed by atoms with Gasteiger partial charge in [0.2, 0.25) is 0 Å². The van der Waals surface area contributed by atoms with Gasteiger partial charge < -0.3 is 16.2 Å². The van der Waals surface area contributed by atoms with Crippen LogP contribution in [0.5, 0.6) is 0 Å². The number of hydrogen-bond acceptors (Lipinski definition) is 4. The minimum Gasteiger partial charge on any atom is -0.395 e. The van der Waals surface area contributed by atoms with Gasteiger partial charge >= 0.3 is 0 Å². The van der Waals surface area contributed by atoms with E-state index >= 15 is 0 Å². The van der Waals surface area contributed by atoms with Crippen LogP contribution in [0.3, 0.4) is 0 Å². The fourth-order valence-electron chi connectivity index (χ4n) is 0.789. The molecule has 1 aromatic rings. The van der Waals surface area contributed by atoms with Gasteiger partial charge in [0.15, 0.2) is 0 Å². The van der Waals surface area contributed by atoms with Crippen molar-refractivity contribution in [1.82, 2.24) is 10.2 Å². The summed E-state index contributed by atoms with van der Waals surface area (Å²) in [6.45, 7) is 0.333. The van der Waals surface area contributed by atoms with Crippen LogP contribution in [0.4, 0.5) is 5.82 Å². The van der Waals surface area contributed by atoms with Crippen molar-refractivity contribution in [2.45, 2.75) is 0 Å². The summed E-state index contributed by atoms with van der Waals surface area (Å²) in [4.78, 5) is 10.7. The van der Waals surface area contributed by atoms with E-state index in [9.17, 15) is 4.79 Å². The van der Waals surface area contributed by atoms with Gasteiger partial charge in [0.05, 0.1) is 12.8 Å². The molecular formula is C6H10N4O2. The number of anilines is 1. The van der Waals surface area contributed by atoms with Crippen LogP contribution in [0.1, 0.15) is 10.4 Å². The van der Waals surface area contributed by atoms with Crippen LogP contribution >= 0.6 is 0 Å². The summed E-state index contributed by atoms with van der Waals surface area (Å²) in [6.07, 6.45) is 1.34. The summed E-state index contributed by atoms with van der Waals surface area (Å²) < 4.78 is 0. The molecule has 0 saturated heterocycles. The van der Waals surface area contributed by atoms with E-state index in [0.29, 0.717) is 17.9 Å². The number of aromatic nitrogens is 2. The number of carbonyl (C=O) groups is 1. The third-order valence-corrected chi connectivity index (χ3v) is 1.32. The number of nitrogens with one attached hydrogen (secondary N) is 2. The molecule has 0 atom stereocenters. The zero-order valence-electron chi connectivity index (χ0n) is 6.37. The number of aromatic amines is 1. The average molecular weight is 170 g/mol. The SMILES string of the molecule is NC(=O)c1cn[nH]c1NCCO. The molecule has 0 fully saturated rings. The Balaban J connectivity index is 2.70. The van der Waals surface area contributed by atoms with Gasteiger partial charge in [-0.05, 0) is 0 Å². The number of amides is 1. The number of aliphatic hydroxyl groups is 1. The quantitative estimate of drug-likeness (QED) is 0.461. The first-order valence-corrected chi connectivity index (χ1v) is 3.43. The second-order valence-corrected chi connectivity index (χ2v) is 2.17. The van der Waals surface area contributed by atoms with Crippen molar-refractivity contribution >= 4 is 11.7 Å². The van der Waals surface area contributed by atoms with Gasteiger partial charge in [0.1, 0.15) is 11.4 Å². The standard InChI is InChI=1S/C6H10N4O2/c7-5(12)4-3-9-10-6(4)8-1-2-11/h3,11H,1-2H2,(H2,7,12)(H2,8,9,10). The van der Waals surface area contributed by atoms with Crippen LogP contribution in [0.2, 0.25) is 0 Å². The molecule has 0 aromatic carbocycles. The van der Waals surface area contributed by atoms with Gasteiger partial charge in [-0.25, -0.2) is 0 Å². The second-order valence-electron chi connectivity index (χ2n) is 2.17. The van der Waals surface area contributed by atoms with Crippen molar-refractivity contribution in [3.63, 3.8) is 0 Å². The van der Waals surface area contributed by atoms with Gasteiger partial charge in [-0.3, -0.25) is 9.89 Å². The average Bonchev–Trinajstić information content (AvgIpc) is 2.48. The summed E-state index contributed by atoms with van der Waals surface area (Å²) in [5, 5.41) is 17.4. The Hall–Kier alpha value is -1.56. The maximum absolute atomic E-state index is 10.7. The van der Waals surface area contributed by atoms with E-state index in [-0.39, 0.29) is 6.61 Å². The molecule has 0 spiro atoms. The predicted molar refractivity (Wildman–Crippen MR) is 42.7 cm³/mol. The Morgan fingerprint density at radius 2 is 2.58 bits per heavy atom. The van der Waals surface area contributed by atoms with Crippen LogP contribution in [0, 0.1) is 0 Å². The van der Waals surface area contributed by atoms with Crippen molar-refractivity contribution < 1.29 is 9.90 Å². The Morgan fingerprint density at radius 3 is 3.17 bits per heavy atom. The smallest absolute Gasteiger partial charge is 0.254 e. The minimum absolute atomic E-state index is 0.0166. The van der Waals surface area contributed by atoms with Crippen molar-refractivity contribution in [3.8, 4) is 0 Å². The fraction of sp³-hybridized carbons (Fsp3) is 0.333. The Kier molecular flexibility index (Phi) is 2.65. The topological polar surface area (TPSA) is 104 Å². The number of carbonyl (C=O) groups excluding carboxylic acids is 1. The lowest BCUT2D eigenvalue weighted by molar-refractivity contribution is 0.100. The van der Waals surface area contributed by atoms with Crippen molar-refractivity contribution in [2.24, 2.45) is 5.73 Å². The number of nitrogens with two attached hydrogens (primary N) is 1. The lowest BCUT2D eigenvalue weighted by atomic mass is 10.3. The molecule has 6 heteroatoms. The van der Waals surface area contributed by atoms with Crippen molar-refractivity contribution in [3.05, 3.63) is 11.8 Å². The Bertz CT molecular complexity index is 270. The molecule has 1 heterocycles. The molecule has 0 bridgehead atoms. The maximum atomic E-state index is 10.7. The van der Waals surface area contributed by atoms with Gasteiger partial charge in [-0.15, -0.1) is 0 Å². The minimum atomic E-state index is -0.552. The Labute approximate surface area is 68.8 Å². The van der Waals surface area contributed by atoms with Gasteiger partial charge in [0.25, 0.3) is 5.91 Å². The van der Waals surface area contributed by atoms with Crippen LogP contribution in [0.25, 0.3) is 0 Å². The van der Waals surface area contributed by atoms with Gasteiger partial charge in [0, 0.05) is 6.54 Å². The van der Waals surface area contributed by atoms with E-state index < -0.39 is 5.91 Å². The molecule has 0 radical (unpaired) electrons. The summed E-state index contributed by atoms with van der Waals surface area (Å²) in [5.74, 6) is -0.110. The first-order chi connectivity index (χ1) is 5.75. The summed E-state index contributed by atoms with van der Waals surface area (Å²) in [6, 6.07) is 0. The van der Waals surface area contributed by atoms with E-state index in [4.69, 9.17) is 10.8 Å². The van der Waals surface area contributed by atoms with Crippen molar-refractivity contribution in [1.29, 1.82) is 0 Å². The largest absolute Gasteiger partial charge is 0.395 e. The Morgan fingerprint density at radius 1 is 1.83 bits per heavy atom. The third kappa shape index (κ3) is 1.73. The number of H-pyrrole nitrogens is 1. The molecule has 1 aromatic heterocycles. The third-order valence-electron chi connectivity index (χ3n) is 1.32. The summed E-state index contributed by atoms with van der Waals surface area (Å²) in [5.41, 5.74) is 5.32. The molecule has 0 unspecified atom stereocenters. The van der Waals surface area contributed by atoms with E-state index in [0.717, 1.165) is 0 Å². The number of primary amides is 1. The molecule has 5 N–H and O–H groups in total. The molecular weight excluding hydrogens is 160 g/mol. The van der Waals surface area contributed by atoms with Crippen LogP contribution in [-0.4, -0.2) is 34.4 Å². The maximum Gasteiger partial charge on any atom is 0.254 e. The number of aliphatic hydroxyl groups excluding tert-OH is 1. The molecule has 66 valence electrons. The molecule has 12 heavy (non-hydrogen) atoms. The molecule has 0 aliphatic heterocycles. The second kappa shape index (κ2) is 3.72. The van der Waals surface area contributed by atoms with Crippen LogP contribution < -0.4 is 11.1 Å². The first-order valence-electron chi connectivity index (χ1n) is 3.43. The monoisotopic (exact) mass is 170 g/mol. The molecule has 0 aliphatic rings. The van der Waals surface area contributed by atoms with E-state index in [2.05, 4.69) is 15.5 Å². The molecule has 0 aliphatic carbocycles. The zero-order valence-corrected chi connectivity index (χ0v) is 6.37. The number of nitrogens with zero attached hydrogens (tertiary/aromatic N) is 1. The number of rotatable bonds is 4. The lowest BCUT2D eigenvalue weighted by Gasteiger charge is -2.01. The highest BCUT2D eigenvalue weighted by Crippen LogP contribution is 2.08. The van der Waals surface area contributed by atoms with Crippen LogP contribution in [-0.2, 0) is 0 Å². The van der Waals surface area contributed by atoms with Gasteiger partial charge in [-0.2, -0.15) is 5.10 Å².